The number of anilines is 2. The van der Waals surface area contributed by atoms with Crippen LogP contribution in [-0.2, 0) is 0 Å². The highest BCUT2D eigenvalue weighted by atomic mass is 19.1. The van der Waals surface area contributed by atoms with Crippen LogP contribution in [0.5, 0.6) is 0 Å². The third-order valence-corrected chi connectivity index (χ3v) is 3.07. The molecule has 0 N–H and O–H groups in total. The van der Waals surface area contributed by atoms with Crippen molar-refractivity contribution >= 4 is 17.7 Å². The molecule has 0 unspecified atom stereocenters. The second-order valence-corrected chi connectivity index (χ2v) is 4.63. The maximum atomic E-state index is 13.5. The lowest BCUT2D eigenvalue weighted by Crippen LogP contribution is -2.11. The van der Waals surface area contributed by atoms with E-state index in [1.807, 2.05) is 48.7 Å². The number of halogens is 1. The molecule has 1 heterocycles. The fourth-order valence-electron chi connectivity index (χ4n) is 2.03. The molecular weight excluding hydrogens is 277 g/mol. The van der Waals surface area contributed by atoms with Crippen LogP contribution in [0, 0.1) is 5.82 Å². The Kier molecular flexibility index (Phi) is 4.20. The van der Waals surface area contributed by atoms with Gasteiger partial charge in [0.25, 0.3) is 0 Å². The summed E-state index contributed by atoms with van der Waals surface area (Å²) in [6.45, 7) is 0. The Labute approximate surface area is 128 Å². The second-order valence-electron chi connectivity index (χ2n) is 4.63. The van der Waals surface area contributed by atoms with E-state index in [0.717, 1.165) is 5.56 Å². The van der Waals surface area contributed by atoms with E-state index < -0.39 is 0 Å². The first-order valence-corrected chi connectivity index (χ1v) is 6.88. The Hall–Kier alpha value is -3.01. The summed E-state index contributed by atoms with van der Waals surface area (Å²) in [5, 5.41) is 0. The van der Waals surface area contributed by atoms with Crippen molar-refractivity contribution in [3.05, 3.63) is 90.6 Å². The first-order chi connectivity index (χ1) is 10.8. The molecule has 22 heavy (non-hydrogen) atoms. The highest BCUT2D eigenvalue weighted by molar-refractivity contribution is 5.64. The lowest BCUT2D eigenvalue weighted by Gasteiger charge is -2.18. The number of aromatic nitrogens is 2. The van der Waals surface area contributed by atoms with Gasteiger partial charge in [0.05, 0.1) is 5.69 Å². The zero-order valence-electron chi connectivity index (χ0n) is 11.8. The Morgan fingerprint density at radius 2 is 1.64 bits per heavy atom. The van der Waals surface area contributed by atoms with Gasteiger partial charge in [0.2, 0.25) is 5.95 Å². The molecule has 0 spiro atoms. The Morgan fingerprint density at radius 3 is 2.36 bits per heavy atom. The summed E-state index contributed by atoms with van der Waals surface area (Å²) in [4.78, 5) is 10.2. The van der Waals surface area contributed by atoms with Gasteiger partial charge < -0.3 is 0 Å². The van der Waals surface area contributed by atoms with Crippen molar-refractivity contribution in [1.29, 1.82) is 0 Å². The molecule has 0 aliphatic carbocycles. The van der Waals surface area contributed by atoms with E-state index in [1.165, 1.54) is 12.1 Å². The molecular formula is C18H14FN3. The fourth-order valence-corrected chi connectivity index (χ4v) is 2.03. The number of rotatable bonds is 4. The largest absolute Gasteiger partial charge is 0.286 e. The summed E-state index contributed by atoms with van der Waals surface area (Å²) in [5.74, 6) is 0.187. The maximum Gasteiger partial charge on any atom is 0.234 e. The smallest absolute Gasteiger partial charge is 0.234 e. The van der Waals surface area contributed by atoms with Crippen LogP contribution >= 0.6 is 0 Å². The Bertz CT molecular complexity index is 758. The summed E-state index contributed by atoms with van der Waals surface area (Å²) >= 11 is 0. The summed E-state index contributed by atoms with van der Waals surface area (Å²) < 4.78 is 13.5. The zero-order valence-corrected chi connectivity index (χ0v) is 11.8. The lowest BCUT2D eigenvalue weighted by atomic mass is 10.2. The van der Waals surface area contributed by atoms with E-state index >= 15 is 0 Å². The van der Waals surface area contributed by atoms with Gasteiger partial charge in [-0.1, -0.05) is 36.4 Å². The number of benzene rings is 2. The highest BCUT2D eigenvalue weighted by Crippen LogP contribution is 2.23. The van der Waals surface area contributed by atoms with Crippen molar-refractivity contribution in [2.75, 3.05) is 4.90 Å². The molecule has 0 amide bonds. The van der Waals surface area contributed by atoms with E-state index in [2.05, 4.69) is 9.97 Å². The quantitative estimate of drug-likeness (QED) is 0.712. The summed E-state index contributed by atoms with van der Waals surface area (Å²) in [6, 6.07) is 18.0. The van der Waals surface area contributed by atoms with Gasteiger partial charge in [0, 0.05) is 18.6 Å². The van der Waals surface area contributed by atoms with Gasteiger partial charge >= 0.3 is 0 Å². The summed E-state index contributed by atoms with van der Waals surface area (Å²) in [5.41, 5.74) is 1.71. The van der Waals surface area contributed by atoms with Crippen molar-refractivity contribution in [3.63, 3.8) is 0 Å². The summed E-state index contributed by atoms with van der Waals surface area (Å²) in [6.07, 6.45) is 7.08. The molecule has 0 bridgehead atoms. The van der Waals surface area contributed by atoms with Crippen LogP contribution in [0.4, 0.5) is 16.0 Å². The number of nitrogens with zero attached hydrogens (tertiary/aromatic N) is 3. The van der Waals surface area contributed by atoms with Crippen molar-refractivity contribution in [3.8, 4) is 0 Å². The molecule has 0 aliphatic heterocycles. The van der Waals surface area contributed by atoms with Gasteiger partial charge in [-0.25, -0.2) is 14.4 Å². The fraction of sp³-hybridized carbons (Fsp3) is 0. The normalized spacial score (nSPS) is 10.8. The SMILES string of the molecule is Fc1cccc(N(/C=C/c2ccccc2)c2ncccn2)c1. The molecule has 0 saturated heterocycles. The monoisotopic (exact) mass is 291 g/mol. The van der Waals surface area contributed by atoms with Crippen LogP contribution in [0.2, 0.25) is 0 Å². The summed E-state index contributed by atoms with van der Waals surface area (Å²) in [7, 11) is 0. The molecule has 4 heteroatoms. The zero-order chi connectivity index (χ0) is 15.2. The van der Waals surface area contributed by atoms with Gasteiger partial charge in [-0.3, -0.25) is 4.90 Å². The van der Waals surface area contributed by atoms with Crippen LogP contribution in [0.3, 0.4) is 0 Å². The van der Waals surface area contributed by atoms with Crippen molar-refractivity contribution in [2.45, 2.75) is 0 Å². The Balaban J connectivity index is 1.98. The molecule has 0 saturated carbocycles. The predicted octanol–water partition coefficient (Wildman–Crippen LogP) is 4.42. The predicted molar refractivity (Wildman–Crippen MR) is 86.0 cm³/mol. The average Bonchev–Trinajstić information content (AvgIpc) is 2.57. The van der Waals surface area contributed by atoms with Gasteiger partial charge in [-0.15, -0.1) is 0 Å². The lowest BCUT2D eigenvalue weighted by molar-refractivity contribution is 0.628. The van der Waals surface area contributed by atoms with E-state index in [4.69, 9.17) is 0 Å². The molecule has 3 rings (SSSR count). The number of hydrogen-bond donors (Lipinski definition) is 0. The molecule has 0 aliphatic rings. The maximum absolute atomic E-state index is 13.5. The molecule has 108 valence electrons. The van der Waals surface area contributed by atoms with E-state index in [-0.39, 0.29) is 5.82 Å². The minimum Gasteiger partial charge on any atom is -0.286 e. The molecule has 3 aromatic rings. The van der Waals surface area contributed by atoms with Crippen LogP contribution in [0.15, 0.2) is 79.3 Å². The third kappa shape index (κ3) is 3.35. The van der Waals surface area contributed by atoms with Gasteiger partial charge in [-0.2, -0.15) is 0 Å². The molecule has 3 nitrogen and oxygen atoms in total. The van der Waals surface area contributed by atoms with Crippen molar-refractivity contribution in [2.24, 2.45) is 0 Å². The molecule has 0 radical (unpaired) electrons. The van der Waals surface area contributed by atoms with Crippen molar-refractivity contribution in [1.82, 2.24) is 9.97 Å². The first-order valence-electron chi connectivity index (χ1n) is 6.88. The van der Waals surface area contributed by atoms with E-state index in [9.17, 15) is 4.39 Å². The topological polar surface area (TPSA) is 29.0 Å². The van der Waals surface area contributed by atoms with Crippen LogP contribution < -0.4 is 4.90 Å². The van der Waals surface area contributed by atoms with Crippen LogP contribution in [0.25, 0.3) is 6.08 Å². The minimum absolute atomic E-state index is 0.299. The van der Waals surface area contributed by atoms with Crippen LogP contribution in [0.1, 0.15) is 5.56 Å². The standard InChI is InChI=1S/C18H14FN3/c19-16-8-4-9-17(14-16)22(18-20-11-5-12-21-18)13-10-15-6-2-1-3-7-15/h1-14H/b13-10+. The van der Waals surface area contributed by atoms with Crippen LogP contribution in [-0.4, -0.2) is 9.97 Å². The minimum atomic E-state index is -0.299. The second kappa shape index (κ2) is 6.63. The first kappa shape index (κ1) is 13.9. The van der Waals surface area contributed by atoms with Crippen molar-refractivity contribution < 1.29 is 4.39 Å². The van der Waals surface area contributed by atoms with Gasteiger partial charge in [-0.05, 0) is 35.9 Å². The average molecular weight is 291 g/mol. The molecule has 2 aromatic carbocycles. The van der Waals surface area contributed by atoms with E-state index in [1.54, 1.807) is 29.4 Å². The molecule has 0 fully saturated rings. The van der Waals surface area contributed by atoms with Gasteiger partial charge in [0.1, 0.15) is 5.82 Å². The Morgan fingerprint density at radius 1 is 0.864 bits per heavy atom. The molecule has 1 aromatic heterocycles. The van der Waals surface area contributed by atoms with E-state index in [0.29, 0.717) is 11.6 Å². The highest BCUT2D eigenvalue weighted by Gasteiger charge is 2.09. The third-order valence-electron chi connectivity index (χ3n) is 3.07. The molecule has 0 atom stereocenters. The van der Waals surface area contributed by atoms with Gasteiger partial charge in [0.15, 0.2) is 0 Å². The number of hydrogen-bond acceptors (Lipinski definition) is 3.